The van der Waals surface area contributed by atoms with Crippen LogP contribution in [-0.2, 0) is 11.2 Å². The second kappa shape index (κ2) is 4.56. The first kappa shape index (κ1) is 11.6. The average molecular weight is 219 g/mol. The van der Waals surface area contributed by atoms with Gasteiger partial charge in [-0.05, 0) is 44.2 Å². The summed E-state index contributed by atoms with van der Waals surface area (Å²) in [6.07, 6.45) is 3.57. The number of rotatable bonds is 3. The van der Waals surface area contributed by atoms with E-state index < -0.39 is 0 Å². The third-order valence-corrected chi connectivity index (χ3v) is 2.94. The lowest BCUT2D eigenvalue weighted by molar-refractivity contribution is 0.112. The quantitative estimate of drug-likeness (QED) is 0.848. The maximum absolute atomic E-state index is 6.00. The molecule has 2 rings (SSSR count). The van der Waals surface area contributed by atoms with Gasteiger partial charge in [-0.15, -0.1) is 0 Å². The van der Waals surface area contributed by atoms with Gasteiger partial charge in [-0.1, -0.05) is 24.3 Å². The fourth-order valence-corrected chi connectivity index (χ4v) is 2.22. The Morgan fingerprint density at radius 3 is 2.50 bits per heavy atom. The van der Waals surface area contributed by atoms with Crippen LogP contribution in [0.15, 0.2) is 24.3 Å². The van der Waals surface area contributed by atoms with Crippen molar-refractivity contribution in [3.63, 3.8) is 0 Å². The van der Waals surface area contributed by atoms with Crippen LogP contribution in [-0.4, -0.2) is 12.1 Å². The molecule has 0 saturated carbocycles. The van der Waals surface area contributed by atoms with Gasteiger partial charge in [0.1, 0.15) is 0 Å². The van der Waals surface area contributed by atoms with Crippen molar-refractivity contribution in [3.8, 4) is 0 Å². The molecule has 1 fully saturated rings. The predicted octanol–water partition coefficient (Wildman–Crippen LogP) is 2.82. The molecule has 2 heteroatoms. The molecular weight excluding hydrogens is 198 g/mol. The van der Waals surface area contributed by atoms with E-state index in [-0.39, 0.29) is 5.54 Å². The lowest BCUT2D eigenvalue weighted by atomic mass is 9.95. The van der Waals surface area contributed by atoms with Gasteiger partial charge in [-0.2, -0.15) is 0 Å². The Balaban J connectivity index is 2.04. The highest BCUT2D eigenvalue weighted by molar-refractivity contribution is 5.25. The molecule has 1 aromatic rings. The van der Waals surface area contributed by atoms with Gasteiger partial charge in [0.05, 0.1) is 6.10 Å². The van der Waals surface area contributed by atoms with Crippen molar-refractivity contribution >= 4 is 0 Å². The molecule has 1 aliphatic rings. The summed E-state index contributed by atoms with van der Waals surface area (Å²) in [5.41, 5.74) is 8.47. The fraction of sp³-hybridized carbons (Fsp3) is 0.571. The highest BCUT2D eigenvalue weighted by Crippen LogP contribution is 2.28. The first-order valence-corrected chi connectivity index (χ1v) is 6.04. The van der Waals surface area contributed by atoms with Crippen molar-refractivity contribution < 1.29 is 4.74 Å². The van der Waals surface area contributed by atoms with Crippen LogP contribution < -0.4 is 5.73 Å². The number of hydrogen-bond acceptors (Lipinski definition) is 2. The standard InChI is InChI=1S/C14H21NO/c1-14(2,15)10-11-5-7-12(8-6-11)13-4-3-9-16-13/h5-8,13H,3-4,9-10,15H2,1-2H3. The number of benzene rings is 1. The molecule has 0 bridgehead atoms. The van der Waals surface area contributed by atoms with Crippen LogP contribution in [0.3, 0.4) is 0 Å². The van der Waals surface area contributed by atoms with Crippen molar-refractivity contribution in [3.05, 3.63) is 35.4 Å². The summed E-state index contributed by atoms with van der Waals surface area (Å²) in [4.78, 5) is 0. The highest BCUT2D eigenvalue weighted by Gasteiger charge is 2.17. The highest BCUT2D eigenvalue weighted by atomic mass is 16.5. The molecule has 2 nitrogen and oxygen atoms in total. The zero-order valence-corrected chi connectivity index (χ0v) is 10.2. The van der Waals surface area contributed by atoms with Gasteiger partial charge in [0.2, 0.25) is 0 Å². The third-order valence-electron chi connectivity index (χ3n) is 2.94. The molecule has 0 radical (unpaired) electrons. The molecular formula is C14H21NO. The summed E-state index contributed by atoms with van der Waals surface area (Å²) in [6.45, 7) is 5.02. The molecule has 2 N–H and O–H groups in total. The van der Waals surface area contributed by atoms with E-state index in [1.807, 2.05) is 0 Å². The number of ether oxygens (including phenoxy) is 1. The minimum absolute atomic E-state index is 0.134. The molecule has 0 spiro atoms. The van der Waals surface area contributed by atoms with Gasteiger partial charge in [-0.3, -0.25) is 0 Å². The molecule has 1 aromatic carbocycles. The molecule has 0 aromatic heterocycles. The van der Waals surface area contributed by atoms with Gasteiger partial charge in [-0.25, -0.2) is 0 Å². The van der Waals surface area contributed by atoms with E-state index in [1.165, 1.54) is 17.5 Å². The summed E-state index contributed by atoms with van der Waals surface area (Å²) in [6, 6.07) is 8.70. The first-order valence-electron chi connectivity index (χ1n) is 6.04. The molecule has 1 heterocycles. The monoisotopic (exact) mass is 219 g/mol. The Morgan fingerprint density at radius 1 is 1.31 bits per heavy atom. The first-order chi connectivity index (χ1) is 7.54. The second-order valence-electron chi connectivity index (χ2n) is 5.41. The van der Waals surface area contributed by atoms with Crippen LogP contribution in [0.2, 0.25) is 0 Å². The number of nitrogens with two attached hydrogens (primary N) is 1. The number of hydrogen-bond donors (Lipinski definition) is 1. The van der Waals surface area contributed by atoms with E-state index in [9.17, 15) is 0 Å². The lowest BCUT2D eigenvalue weighted by Crippen LogP contribution is -2.34. The smallest absolute Gasteiger partial charge is 0.0825 e. The lowest BCUT2D eigenvalue weighted by Gasteiger charge is -2.19. The summed E-state index contributed by atoms with van der Waals surface area (Å²) < 4.78 is 5.66. The molecule has 0 aliphatic carbocycles. The van der Waals surface area contributed by atoms with Crippen LogP contribution in [0.25, 0.3) is 0 Å². The predicted molar refractivity (Wildman–Crippen MR) is 66.3 cm³/mol. The Bertz CT molecular complexity index is 331. The van der Waals surface area contributed by atoms with E-state index in [1.54, 1.807) is 0 Å². The summed E-state index contributed by atoms with van der Waals surface area (Å²) in [5.74, 6) is 0. The van der Waals surface area contributed by atoms with E-state index in [0.29, 0.717) is 6.10 Å². The van der Waals surface area contributed by atoms with Gasteiger partial charge in [0.25, 0.3) is 0 Å². The molecule has 1 saturated heterocycles. The maximum Gasteiger partial charge on any atom is 0.0825 e. The molecule has 0 amide bonds. The van der Waals surface area contributed by atoms with Crippen LogP contribution >= 0.6 is 0 Å². The van der Waals surface area contributed by atoms with Gasteiger partial charge in [0, 0.05) is 12.1 Å². The minimum Gasteiger partial charge on any atom is -0.374 e. The Morgan fingerprint density at radius 2 is 2.00 bits per heavy atom. The summed E-state index contributed by atoms with van der Waals surface area (Å²) in [7, 11) is 0. The summed E-state index contributed by atoms with van der Waals surface area (Å²) >= 11 is 0. The second-order valence-corrected chi connectivity index (χ2v) is 5.41. The molecule has 88 valence electrons. The normalized spacial score (nSPS) is 21.3. The minimum atomic E-state index is -0.134. The van der Waals surface area contributed by atoms with Crippen LogP contribution in [0.5, 0.6) is 0 Å². The Kier molecular flexibility index (Phi) is 3.31. The van der Waals surface area contributed by atoms with Crippen molar-refractivity contribution in [1.82, 2.24) is 0 Å². The van der Waals surface area contributed by atoms with Gasteiger partial charge < -0.3 is 10.5 Å². The molecule has 1 atom stereocenters. The van der Waals surface area contributed by atoms with Crippen molar-refractivity contribution in [2.24, 2.45) is 5.73 Å². The van der Waals surface area contributed by atoms with Gasteiger partial charge in [0.15, 0.2) is 0 Å². The third kappa shape index (κ3) is 3.06. The Hall–Kier alpha value is -0.860. The fourth-order valence-electron chi connectivity index (χ4n) is 2.22. The van der Waals surface area contributed by atoms with Crippen molar-refractivity contribution in [1.29, 1.82) is 0 Å². The molecule has 1 aliphatic heterocycles. The van der Waals surface area contributed by atoms with E-state index >= 15 is 0 Å². The zero-order chi connectivity index (χ0) is 11.6. The van der Waals surface area contributed by atoms with Gasteiger partial charge >= 0.3 is 0 Å². The average Bonchev–Trinajstić information content (AvgIpc) is 2.69. The maximum atomic E-state index is 6.00. The van der Waals surface area contributed by atoms with Crippen molar-refractivity contribution in [2.45, 2.75) is 44.8 Å². The largest absolute Gasteiger partial charge is 0.374 e. The SMILES string of the molecule is CC(C)(N)Cc1ccc(C2CCCO2)cc1. The molecule has 1 unspecified atom stereocenters. The molecule has 16 heavy (non-hydrogen) atoms. The van der Waals surface area contributed by atoms with E-state index in [0.717, 1.165) is 19.4 Å². The van der Waals surface area contributed by atoms with E-state index in [2.05, 4.69) is 38.1 Å². The van der Waals surface area contributed by atoms with Crippen LogP contribution in [0.1, 0.15) is 43.9 Å². The van der Waals surface area contributed by atoms with Crippen LogP contribution in [0.4, 0.5) is 0 Å². The Labute approximate surface area is 97.8 Å². The van der Waals surface area contributed by atoms with Crippen LogP contribution in [0, 0.1) is 0 Å². The zero-order valence-electron chi connectivity index (χ0n) is 10.2. The summed E-state index contributed by atoms with van der Waals surface area (Å²) in [5, 5.41) is 0. The van der Waals surface area contributed by atoms with E-state index in [4.69, 9.17) is 10.5 Å². The topological polar surface area (TPSA) is 35.2 Å². The van der Waals surface area contributed by atoms with Crippen molar-refractivity contribution in [2.75, 3.05) is 6.61 Å².